The number of sulfonamides is 1. The molecule has 3 aromatic carbocycles. The molecule has 0 radical (unpaired) electrons. The highest BCUT2D eigenvalue weighted by molar-refractivity contribution is 7.92. The van der Waals surface area contributed by atoms with E-state index < -0.39 is 40.2 Å². The fourth-order valence-corrected chi connectivity index (χ4v) is 5.33. The highest BCUT2D eigenvalue weighted by Crippen LogP contribution is 2.34. The first-order valence-corrected chi connectivity index (χ1v) is 13.5. The van der Waals surface area contributed by atoms with E-state index >= 15 is 0 Å². The van der Waals surface area contributed by atoms with Gasteiger partial charge in [0.05, 0.1) is 24.8 Å². The molecule has 11 heteroatoms. The molecule has 1 N–H and O–H groups in total. The Morgan fingerprint density at radius 1 is 0.949 bits per heavy atom. The number of aryl methyl sites for hydroxylation is 1. The van der Waals surface area contributed by atoms with E-state index in [2.05, 4.69) is 5.32 Å². The molecule has 0 aliphatic heterocycles. The smallest absolute Gasteiger partial charge is 0.264 e. The van der Waals surface area contributed by atoms with Crippen molar-refractivity contribution in [3.63, 3.8) is 0 Å². The van der Waals surface area contributed by atoms with Crippen molar-refractivity contribution < 1.29 is 31.9 Å². The van der Waals surface area contributed by atoms with Crippen LogP contribution in [-0.2, 0) is 26.2 Å². The van der Waals surface area contributed by atoms with Gasteiger partial charge in [0, 0.05) is 19.7 Å². The summed E-state index contributed by atoms with van der Waals surface area (Å²) in [6.07, 6.45) is 0. The van der Waals surface area contributed by atoms with Crippen molar-refractivity contribution in [2.75, 3.05) is 32.1 Å². The number of benzene rings is 3. The number of carbonyl (C=O) groups excluding carboxylic acids is 2. The predicted octanol–water partition coefficient (Wildman–Crippen LogP) is 3.51. The van der Waals surface area contributed by atoms with Gasteiger partial charge in [0.2, 0.25) is 11.8 Å². The molecule has 3 rings (SSSR count). The van der Waals surface area contributed by atoms with Gasteiger partial charge in [-0.05, 0) is 55.8 Å². The fourth-order valence-electron chi connectivity index (χ4n) is 3.92. The minimum Gasteiger partial charge on any atom is -0.493 e. The van der Waals surface area contributed by atoms with Crippen LogP contribution in [0.3, 0.4) is 0 Å². The normalized spacial score (nSPS) is 11.8. The largest absolute Gasteiger partial charge is 0.493 e. The monoisotopic (exact) mass is 557 g/mol. The van der Waals surface area contributed by atoms with Crippen LogP contribution in [0.4, 0.5) is 10.1 Å². The van der Waals surface area contributed by atoms with E-state index in [0.29, 0.717) is 11.3 Å². The maximum atomic E-state index is 13.9. The van der Waals surface area contributed by atoms with Crippen molar-refractivity contribution in [3.05, 3.63) is 83.7 Å². The maximum Gasteiger partial charge on any atom is 0.264 e. The average Bonchev–Trinajstić information content (AvgIpc) is 2.94. The summed E-state index contributed by atoms with van der Waals surface area (Å²) in [5.41, 5.74) is 1.60. The molecule has 208 valence electrons. The lowest BCUT2D eigenvalue weighted by Gasteiger charge is -2.32. The van der Waals surface area contributed by atoms with Crippen LogP contribution in [0.25, 0.3) is 0 Å². The molecule has 1 atom stereocenters. The van der Waals surface area contributed by atoms with Gasteiger partial charge in [0.1, 0.15) is 18.4 Å². The summed E-state index contributed by atoms with van der Waals surface area (Å²) in [4.78, 5) is 27.6. The fraction of sp³-hybridized carbons (Fsp3) is 0.286. The van der Waals surface area contributed by atoms with Crippen LogP contribution in [-0.4, -0.2) is 59.0 Å². The van der Waals surface area contributed by atoms with Gasteiger partial charge in [0.15, 0.2) is 11.5 Å². The highest BCUT2D eigenvalue weighted by Gasteiger charge is 2.32. The summed E-state index contributed by atoms with van der Waals surface area (Å²) in [5, 5.41) is 2.51. The van der Waals surface area contributed by atoms with Crippen LogP contribution in [0, 0.1) is 12.7 Å². The van der Waals surface area contributed by atoms with Gasteiger partial charge in [-0.25, -0.2) is 12.8 Å². The Morgan fingerprint density at radius 2 is 1.56 bits per heavy atom. The lowest BCUT2D eigenvalue weighted by molar-refractivity contribution is -0.139. The molecule has 0 aliphatic carbocycles. The molecule has 0 aromatic heterocycles. The standard InChI is InChI=1S/C28H32FN3O6S/c1-19-6-13-24(14-7-19)39(35,36)32(23-12-15-25(37-4)26(16-23)38-5)18-27(33)31(20(2)28(34)30-3)17-21-8-10-22(29)11-9-21/h6-16,20H,17-18H2,1-5H3,(H,30,34)/t20-/m1/s1. The van der Waals surface area contributed by atoms with Crippen LogP contribution in [0.5, 0.6) is 11.5 Å². The van der Waals surface area contributed by atoms with E-state index in [1.807, 2.05) is 6.92 Å². The Hall–Kier alpha value is -4.12. The van der Waals surface area contributed by atoms with Gasteiger partial charge in [-0.1, -0.05) is 29.8 Å². The molecule has 0 heterocycles. The van der Waals surface area contributed by atoms with Gasteiger partial charge in [-0.2, -0.15) is 0 Å². The number of methoxy groups -OCH3 is 2. The summed E-state index contributed by atoms with van der Waals surface area (Å²) < 4.78 is 52.8. The molecular formula is C28H32FN3O6S. The first kappa shape index (κ1) is 29.4. The summed E-state index contributed by atoms with van der Waals surface area (Å²) in [5.74, 6) is -0.870. The second-order valence-electron chi connectivity index (χ2n) is 8.80. The molecule has 0 fully saturated rings. The summed E-state index contributed by atoms with van der Waals surface area (Å²) in [6.45, 7) is 2.71. The first-order chi connectivity index (χ1) is 18.5. The Kier molecular flexibility index (Phi) is 9.52. The lowest BCUT2D eigenvalue weighted by atomic mass is 10.1. The molecule has 0 spiro atoms. The Labute approximate surface area is 228 Å². The predicted molar refractivity (Wildman–Crippen MR) is 146 cm³/mol. The first-order valence-electron chi connectivity index (χ1n) is 12.1. The van der Waals surface area contributed by atoms with Gasteiger partial charge < -0.3 is 19.7 Å². The summed E-state index contributed by atoms with van der Waals surface area (Å²) >= 11 is 0. The third kappa shape index (κ3) is 6.85. The second-order valence-corrected chi connectivity index (χ2v) is 10.7. The summed E-state index contributed by atoms with van der Waals surface area (Å²) in [7, 11) is 0.0784. The number of hydrogen-bond acceptors (Lipinski definition) is 6. The molecule has 0 saturated carbocycles. The molecule has 2 amide bonds. The van der Waals surface area contributed by atoms with E-state index in [1.165, 1.54) is 81.6 Å². The van der Waals surface area contributed by atoms with Crippen LogP contribution in [0.2, 0.25) is 0 Å². The third-order valence-electron chi connectivity index (χ3n) is 6.22. The van der Waals surface area contributed by atoms with Crippen molar-refractivity contribution in [1.82, 2.24) is 10.2 Å². The number of carbonyl (C=O) groups is 2. The molecule has 0 unspecified atom stereocenters. The van der Waals surface area contributed by atoms with E-state index in [9.17, 15) is 22.4 Å². The van der Waals surface area contributed by atoms with E-state index in [-0.39, 0.29) is 22.9 Å². The zero-order valence-corrected chi connectivity index (χ0v) is 23.3. The Balaban J connectivity index is 2.08. The number of rotatable bonds is 11. The molecule has 0 saturated heterocycles. The number of amides is 2. The topological polar surface area (TPSA) is 105 Å². The van der Waals surface area contributed by atoms with E-state index in [4.69, 9.17) is 9.47 Å². The maximum absolute atomic E-state index is 13.9. The molecule has 3 aromatic rings. The van der Waals surface area contributed by atoms with Crippen molar-refractivity contribution >= 4 is 27.5 Å². The van der Waals surface area contributed by atoms with Crippen molar-refractivity contribution in [1.29, 1.82) is 0 Å². The van der Waals surface area contributed by atoms with Crippen LogP contribution >= 0.6 is 0 Å². The summed E-state index contributed by atoms with van der Waals surface area (Å²) in [6, 6.07) is 15.3. The minimum atomic E-state index is -4.23. The van der Waals surface area contributed by atoms with Crippen molar-refractivity contribution in [3.8, 4) is 11.5 Å². The number of nitrogens with zero attached hydrogens (tertiary/aromatic N) is 2. The van der Waals surface area contributed by atoms with Crippen molar-refractivity contribution in [2.24, 2.45) is 0 Å². The minimum absolute atomic E-state index is 0.0138. The van der Waals surface area contributed by atoms with Crippen LogP contribution in [0.15, 0.2) is 71.6 Å². The Bertz CT molecular complexity index is 1410. The second kappa shape index (κ2) is 12.6. The number of hydrogen-bond donors (Lipinski definition) is 1. The number of ether oxygens (including phenoxy) is 2. The molecule has 0 bridgehead atoms. The average molecular weight is 558 g/mol. The number of likely N-dealkylation sites (N-methyl/N-ethyl adjacent to an activating group) is 1. The van der Waals surface area contributed by atoms with Gasteiger partial charge in [-0.15, -0.1) is 0 Å². The van der Waals surface area contributed by atoms with Gasteiger partial charge >= 0.3 is 0 Å². The molecule has 39 heavy (non-hydrogen) atoms. The van der Waals surface area contributed by atoms with E-state index in [0.717, 1.165) is 9.87 Å². The molecule has 0 aliphatic rings. The molecule has 9 nitrogen and oxygen atoms in total. The lowest BCUT2D eigenvalue weighted by Crippen LogP contribution is -2.50. The SMILES string of the molecule is CNC(=O)[C@@H](C)N(Cc1ccc(F)cc1)C(=O)CN(c1ccc(OC)c(OC)c1)S(=O)(=O)c1ccc(C)cc1. The quantitative estimate of drug-likeness (QED) is 0.387. The zero-order chi connectivity index (χ0) is 28.7. The van der Waals surface area contributed by atoms with Crippen LogP contribution in [0.1, 0.15) is 18.1 Å². The van der Waals surface area contributed by atoms with Crippen molar-refractivity contribution in [2.45, 2.75) is 31.3 Å². The van der Waals surface area contributed by atoms with E-state index in [1.54, 1.807) is 18.2 Å². The third-order valence-corrected chi connectivity index (χ3v) is 8.01. The number of nitrogens with one attached hydrogen (secondary N) is 1. The molecular weight excluding hydrogens is 525 g/mol. The van der Waals surface area contributed by atoms with Crippen LogP contribution < -0.4 is 19.1 Å². The highest BCUT2D eigenvalue weighted by atomic mass is 32.2. The Morgan fingerprint density at radius 3 is 2.13 bits per heavy atom. The number of anilines is 1. The van der Waals surface area contributed by atoms with Gasteiger partial charge in [0.25, 0.3) is 10.0 Å². The number of halogens is 1. The van der Waals surface area contributed by atoms with Gasteiger partial charge in [-0.3, -0.25) is 13.9 Å². The zero-order valence-electron chi connectivity index (χ0n) is 22.5.